The normalized spacial score (nSPS) is 26.1. The highest BCUT2D eigenvalue weighted by Gasteiger charge is 2.42. The van der Waals surface area contributed by atoms with Crippen LogP contribution in [0.5, 0.6) is 0 Å². The number of ether oxygens (including phenoxy) is 1. The van der Waals surface area contributed by atoms with Crippen molar-refractivity contribution in [1.82, 2.24) is 9.71 Å². The van der Waals surface area contributed by atoms with Crippen LogP contribution in [0.2, 0.25) is 0 Å². The van der Waals surface area contributed by atoms with Crippen LogP contribution in [-0.2, 0) is 20.9 Å². The van der Waals surface area contributed by atoms with Crippen LogP contribution in [0.4, 0.5) is 18.9 Å². The fourth-order valence-corrected chi connectivity index (χ4v) is 5.97. The summed E-state index contributed by atoms with van der Waals surface area (Å²) in [6.07, 6.45) is 2.72. The molecular formula is C24H30F3N3O3S. The summed E-state index contributed by atoms with van der Waals surface area (Å²) in [6, 6.07) is 10.6. The van der Waals surface area contributed by atoms with E-state index in [2.05, 4.69) is 21.8 Å². The smallest absolute Gasteiger partial charge is 0.376 e. The molecule has 0 spiro atoms. The Morgan fingerprint density at radius 1 is 1.09 bits per heavy atom. The van der Waals surface area contributed by atoms with Crippen molar-refractivity contribution in [2.24, 2.45) is 0 Å². The molecule has 1 aliphatic carbocycles. The third-order valence-corrected chi connectivity index (χ3v) is 7.50. The molecule has 2 heterocycles. The minimum absolute atomic E-state index is 0.000762. The van der Waals surface area contributed by atoms with Gasteiger partial charge in [-0.1, -0.05) is 30.3 Å². The van der Waals surface area contributed by atoms with Crippen LogP contribution in [0.1, 0.15) is 49.1 Å². The summed E-state index contributed by atoms with van der Waals surface area (Å²) in [5, 5.41) is 0. The van der Waals surface area contributed by atoms with Crippen LogP contribution in [-0.4, -0.2) is 51.0 Å². The van der Waals surface area contributed by atoms with E-state index in [1.165, 1.54) is 17.8 Å². The molecule has 2 fully saturated rings. The van der Waals surface area contributed by atoms with Gasteiger partial charge in [0.05, 0.1) is 36.3 Å². The number of halogens is 3. The maximum Gasteiger partial charge on any atom is 0.419 e. The summed E-state index contributed by atoms with van der Waals surface area (Å²) in [4.78, 5) is 5.26. The monoisotopic (exact) mass is 497 g/mol. The minimum atomic E-state index is -4.56. The molecule has 2 aromatic rings. The number of hydrogen-bond donors (Lipinski definition) is 1. The number of hydrogen-bond acceptors (Lipinski definition) is 5. The number of benzene rings is 1. The molecule has 1 saturated heterocycles. The number of nitrogens with one attached hydrogen (secondary N) is 1. The zero-order valence-corrected chi connectivity index (χ0v) is 19.9. The lowest BCUT2D eigenvalue weighted by Gasteiger charge is -2.34. The molecule has 1 N–H and O–H groups in total. The summed E-state index contributed by atoms with van der Waals surface area (Å²) in [5.74, 6) is 0.481. The predicted molar refractivity (Wildman–Crippen MR) is 124 cm³/mol. The summed E-state index contributed by atoms with van der Waals surface area (Å²) in [5.41, 5.74) is 0.489. The van der Waals surface area contributed by atoms with E-state index in [0.29, 0.717) is 12.3 Å². The van der Waals surface area contributed by atoms with Gasteiger partial charge in [0.25, 0.3) is 0 Å². The molecule has 2 atom stereocenters. The molecule has 0 unspecified atom stereocenters. The van der Waals surface area contributed by atoms with Crippen molar-refractivity contribution in [2.75, 3.05) is 24.3 Å². The Morgan fingerprint density at radius 3 is 2.44 bits per heavy atom. The number of anilines is 1. The van der Waals surface area contributed by atoms with Gasteiger partial charge in [0, 0.05) is 25.0 Å². The molecule has 1 aliphatic heterocycles. The fraction of sp³-hybridized carbons (Fsp3) is 0.542. The Kier molecular flexibility index (Phi) is 7.49. The van der Waals surface area contributed by atoms with Crippen molar-refractivity contribution in [3.8, 4) is 0 Å². The van der Waals surface area contributed by atoms with E-state index in [1.807, 2.05) is 18.2 Å². The molecule has 10 heteroatoms. The van der Waals surface area contributed by atoms with Crippen molar-refractivity contribution in [3.05, 3.63) is 59.9 Å². The number of rotatable bonds is 7. The second kappa shape index (κ2) is 10.2. The highest BCUT2D eigenvalue weighted by Crippen LogP contribution is 2.39. The van der Waals surface area contributed by atoms with E-state index < -0.39 is 33.8 Å². The molecule has 1 aromatic heterocycles. The molecule has 1 aromatic carbocycles. The summed E-state index contributed by atoms with van der Waals surface area (Å²) in [7, 11) is -3.53. The van der Waals surface area contributed by atoms with E-state index >= 15 is 0 Å². The highest BCUT2D eigenvalue weighted by molar-refractivity contribution is 7.88. The first-order chi connectivity index (χ1) is 16.1. The third-order valence-electron chi connectivity index (χ3n) is 6.77. The van der Waals surface area contributed by atoms with Gasteiger partial charge in [-0.25, -0.2) is 13.1 Å². The van der Waals surface area contributed by atoms with E-state index in [4.69, 9.17) is 4.74 Å². The fourth-order valence-electron chi connectivity index (χ4n) is 5.15. The third kappa shape index (κ3) is 6.09. The molecule has 34 heavy (non-hydrogen) atoms. The first-order valence-corrected chi connectivity index (χ1v) is 13.4. The standard InChI is InChI=1S/C24H30F3N3O3S/c1-34(31,32)29-21-12-14-30(22-11-13-28-15-20(22)24(25,26)27)23(21)16-33-19-9-7-18(8-10-19)17-5-3-2-4-6-17/h2-6,11,13,15,18-19,21,23,29H,7-10,12,14,16H2,1H3/t18-,19+,21-,23-/m0/s1. The summed E-state index contributed by atoms with van der Waals surface area (Å²) >= 11 is 0. The zero-order valence-electron chi connectivity index (χ0n) is 19.0. The van der Waals surface area contributed by atoms with E-state index in [1.54, 1.807) is 4.90 Å². The number of alkyl halides is 3. The molecule has 2 aliphatic rings. The lowest BCUT2D eigenvalue weighted by Crippen LogP contribution is -2.48. The lowest BCUT2D eigenvalue weighted by molar-refractivity contribution is -0.137. The topological polar surface area (TPSA) is 71.5 Å². The highest BCUT2D eigenvalue weighted by atomic mass is 32.2. The maximum atomic E-state index is 13.6. The quantitative estimate of drug-likeness (QED) is 0.616. The maximum absolute atomic E-state index is 13.6. The van der Waals surface area contributed by atoms with E-state index in [0.717, 1.165) is 38.1 Å². The van der Waals surface area contributed by atoms with Crippen molar-refractivity contribution in [3.63, 3.8) is 0 Å². The second-order valence-electron chi connectivity index (χ2n) is 9.15. The average molecular weight is 498 g/mol. The van der Waals surface area contributed by atoms with Gasteiger partial charge in [-0.05, 0) is 49.7 Å². The lowest BCUT2D eigenvalue weighted by atomic mass is 9.83. The molecule has 186 valence electrons. The van der Waals surface area contributed by atoms with Crippen LogP contribution in [0, 0.1) is 0 Å². The van der Waals surface area contributed by atoms with Crippen LogP contribution in [0.15, 0.2) is 48.8 Å². The minimum Gasteiger partial charge on any atom is -0.376 e. The van der Waals surface area contributed by atoms with Crippen molar-refractivity contribution in [1.29, 1.82) is 0 Å². The number of sulfonamides is 1. The Hall–Kier alpha value is -2.17. The van der Waals surface area contributed by atoms with Gasteiger partial charge in [-0.3, -0.25) is 4.98 Å². The Morgan fingerprint density at radius 2 is 1.79 bits per heavy atom. The first kappa shape index (κ1) is 24.9. The van der Waals surface area contributed by atoms with Gasteiger partial charge < -0.3 is 9.64 Å². The van der Waals surface area contributed by atoms with Gasteiger partial charge in [-0.15, -0.1) is 0 Å². The van der Waals surface area contributed by atoms with Gasteiger partial charge in [0.15, 0.2) is 0 Å². The predicted octanol–water partition coefficient (Wildman–Crippen LogP) is 4.34. The van der Waals surface area contributed by atoms with Crippen LogP contribution in [0.25, 0.3) is 0 Å². The van der Waals surface area contributed by atoms with Gasteiger partial charge in [-0.2, -0.15) is 13.2 Å². The molecule has 0 amide bonds. The Balaban J connectivity index is 1.46. The van der Waals surface area contributed by atoms with Crippen molar-refractivity contribution in [2.45, 2.75) is 62.4 Å². The van der Waals surface area contributed by atoms with Gasteiger partial charge >= 0.3 is 6.18 Å². The van der Waals surface area contributed by atoms with E-state index in [-0.39, 0.29) is 24.9 Å². The Labute approximate surface area is 198 Å². The summed E-state index contributed by atoms with van der Waals surface area (Å²) < 4.78 is 73.6. The largest absolute Gasteiger partial charge is 0.419 e. The molecule has 6 nitrogen and oxygen atoms in total. The van der Waals surface area contributed by atoms with Crippen LogP contribution < -0.4 is 9.62 Å². The first-order valence-electron chi connectivity index (χ1n) is 11.5. The van der Waals surface area contributed by atoms with Crippen molar-refractivity contribution >= 4 is 15.7 Å². The number of pyridine rings is 1. The van der Waals surface area contributed by atoms with Gasteiger partial charge in [0.1, 0.15) is 0 Å². The van der Waals surface area contributed by atoms with Crippen LogP contribution >= 0.6 is 0 Å². The van der Waals surface area contributed by atoms with Gasteiger partial charge in [0.2, 0.25) is 10.0 Å². The molecule has 0 bridgehead atoms. The average Bonchev–Trinajstić information content (AvgIpc) is 3.18. The number of aromatic nitrogens is 1. The molecular weight excluding hydrogens is 467 g/mol. The molecule has 1 saturated carbocycles. The van der Waals surface area contributed by atoms with Crippen molar-refractivity contribution < 1.29 is 26.3 Å². The SMILES string of the molecule is CS(=O)(=O)N[C@H]1CCN(c2ccncc2C(F)(F)F)[C@H]1CO[C@H]1CC[C@@H](c2ccccc2)CC1. The second-order valence-corrected chi connectivity index (χ2v) is 10.9. The van der Waals surface area contributed by atoms with Crippen LogP contribution in [0.3, 0.4) is 0 Å². The molecule has 4 rings (SSSR count). The van der Waals surface area contributed by atoms with E-state index in [9.17, 15) is 21.6 Å². The summed E-state index contributed by atoms with van der Waals surface area (Å²) in [6.45, 7) is 0.433. The zero-order chi connectivity index (χ0) is 24.3. The molecule has 0 radical (unpaired) electrons. The Bertz CT molecular complexity index is 1060. The number of nitrogens with zero attached hydrogens (tertiary/aromatic N) is 2.